The van der Waals surface area contributed by atoms with Crippen LogP contribution < -0.4 is 5.32 Å². The van der Waals surface area contributed by atoms with Gasteiger partial charge < -0.3 is 19.7 Å². The number of piperidine rings is 1. The first kappa shape index (κ1) is 14.1. The zero-order valence-electron chi connectivity index (χ0n) is 11.1. The normalized spacial score (nSPS) is 21.1. The van der Waals surface area contributed by atoms with Crippen LogP contribution in [0.2, 0.25) is 5.02 Å². The quantitative estimate of drug-likeness (QED) is 0.807. The first-order valence-electron chi connectivity index (χ1n) is 6.76. The van der Waals surface area contributed by atoms with Gasteiger partial charge in [-0.3, -0.25) is 0 Å². The second-order valence-corrected chi connectivity index (χ2v) is 5.86. The molecule has 0 atom stereocenters. The van der Waals surface area contributed by atoms with Crippen molar-refractivity contribution in [3.05, 3.63) is 29.3 Å². The molecule has 1 aromatic carbocycles. The topological polar surface area (TPSA) is 33.7 Å². The van der Waals surface area contributed by atoms with Crippen LogP contribution in [0.3, 0.4) is 0 Å². The Morgan fingerprint density at radius 3 is 2.60 bits per heavy atom. The van der Waals surface area contributed by atoms with Gasteiger partial charge in [-0.1, -0.05) is 17.7 Å². The molecule has 2 heterocycles. The van der Waals surface area contributed by atoms with Crippen molar-refractivity contribution in [3.63, 3.8) is 0 Å². The fraction of sp³-hybridized carbons (Fsp3) is 0.500. The van der Waals surface area contributed by atoms with Gasteiger partial charge in [0, 0.05) is 36.6 Å². The molecule has 0 radical (unpaired) electrons. The fourth-order valence-corrected chi connectivity index (χ4v) is 3.10. The fourth-order valence-electron chi connectivity index (χ4n) is 2.60. The first-order chi connectivity index (χ1) is 9.67. The lowest BCUT2D eigenvalue weighted by Crippen LogP contribution is -2.48. The highest BCUT2D eigenvalue weighted by Gasteiger charge is 2.40. The average molecular weight is 313 g/mol. The van der Waals surface area contributed by atoms with E-state index >= 15 is 0 Å². The number of nitrogens with one attached hydrogen (secondary N) is 1. The highest BCUT2D eigenvalue weighted by atomic mass is 35.5. The summed E-state index contributed by atoms with van der Waals surface area (Å²) >= 11 is 11.4. The monoisotopic (exact) mass is 312 g/mol. The minimum Gasteiger partial charge on any atom is -0.349 e. The van der Waals surface area contributed by atoms with Crippen molar-refractivity contribution < 1.29 is 9.47 Å². The molecule has 20 heavy (non-hydrogen) atoms. The molecule has 0 aliphatic carbocycles. The Balaban J connectivity index is 1.56. The number of hydrogen-bond donors (Lipinski definition) is 1. The molecule has 0 aromatic heterocycles. The molecule has 108 valence electrons. The van der Waals surface area contributed by atoms with E-state index in [1.807, 2.05) is 24.3 Å². The zero-order chi connectivity index (χ0) is 14.0. The summed E-state index contributed by atoms with van der Waals surface area (Å²) in [7, 11) is 0. The number of nitrogens with zero attached hydrogens (tertiary/aromatic N) is 1. The maximum absolute atomic E-state index is 5.97. The molecular weight excluding hydrogens is 296 g/mol. The van der Waals surface area contributed by atoms with Crippen molar-refractivity contribution in [3.8, 4) is 0 Å². The predicted molar refractivity (Wildman–Crippen MR) is 83.1 cm³/mol. The van der Waals surface area contributed by atoms with Gasteiger partial charge in [-0.15, -0.1) is 0 Å². The highest BCUT2D eigenvalue weighted by molar-refractivity contribution is 7.80. The Bertz CT molecular complexity index is 496. The van der Waals surface area contributed by atoms with Gasteiger partial charge in [0.05, 0.1) is 13.2 Å². The smallest absolute Gasteiger partial charge is 0.173 e. The van der Waals surface area contributed by atoms with Crippen LogP contribution in [-0.2, 0) is 9.47 Å². The van der Waals surface area contributed by atoms with Crippen LogP contribution >= 0.6 is 23.8 Å². The van der Waals surface area contributed by atoms with E-state index in [2.05, 4.69) is 10.2 Å². The minimum atomic E-state index is -0.359. The Morgan fingerprint density at radius 1 is 1.25 bits per heavy atom. The van der Waals surface area contributed by atoms with Gasteiger partial charge in [0.15, 0.2) is 10.9 Å². The third-order valence-corrected chi connectivity index (χ3v) is 4.30. The maximum atomic E-state index is 5.97. The molecule has 1 aromatic rings. The van der Waals surface area contributed by atoms with E-state index in [0.717, 1.165) is 36.7 Å². The number of anilines is 1. The van der Waals surface area contributed by atoms with E-state index in [4.69, 9.17) is 33.3 Å². The second kappa shape index (κ2) is 5.85. The van der Waals surface area contributed by atoms with Gasteiger partial charge in [0.25, 0.3) is 0 Å². The van der Waals surface area contributed by atoms with Gasteiger partial charge in [0.1, 0.15) is 0 Å². The lowest BCUT2D eigenvalue weighted by Gasteiger charge is -2.38. The second-order valence-electron chi connectivity index (χ2n) is 5.04. The summed E-state index contributed by atoms with van der Waals surface area (Å²) in [6.07, 6.45) is 1.70. The van der Waals surface area contributed by atoms with Crippen LogP contribution in [0.25, 0.3) is 0 Å². The van der Waals surface area contributed by atoms with E-state index < -0.39 is 0 Å². The van der Waals surface area contributed by atoms with Crippen LogP contribution in [0.4, 0.5) is 5.69 Å². The number of ether oxygens (including phenoxy) is 2. The molecule has 1 spiro atoms. The molecule has 2 saturated heterocycles. The largest absolute Gasteiger partial charge is 0.349 e. The third kappa shape index (κ3) is 3.06. The van der Waals surface area contributed by atoms with Crippen molar-refractivity contribution in [2.45, 2.75) is 18.6 Å². The molecule has 2 aliphatic rings. The van der Waals surface area contributed by atoms with E-state index in [1.165, 1.54) is 0 Å². The van der Waals surface area contributed by atoms with Crippen LogP contribution in [0.5, 0.6) is 0 Å². The number of hydrogen-bond acceptors (Lipinski definition) is 3. The summed E-state index contributed by atoms with van der Waals surface area (Å²) in [5, 5.41) is 4.64. The van der Waals surface area contributed by atoms with Gasteiger partial charge >= 0.3 is 0 Å². The Hall–Kier alpha value is -0.880. The molecule has 3 rings (SSSR count). The molecule has 2 aliphatic heterocycles. The molecule has 2 fully saturated rings. The third-order valence-electron chi connectivity index (χ3n) is 3.70. The lowest BCUT2D eigenvalue weighted by atomic mass is 10.0. The van der Waals surface area contributed by atoms with Crippen LogP contribution in [-0.4, -0.2) is 42.1 Å². The molecule has 1 N–H and O–H groups in total. The Labute approximate surface area is 129 Å². The molecule has 0 unspecified atom stereocenters. The maximum Gasteiger partial charge on any atom is 0.173 e. The van der Waals surface area contributed by atoms with E-state index in [-0.39, 0.29) is 5.79 Å². The standard InChI is InChI=1S/C14H17ClN2O2S/c15-11-2-1-3-12(10-11)16-13(20)17-6-4-14(5-7-17)18-8-9-19-14/h1-3,10H,4-9H2,(H,16,20). The molecule has 0 amide bonds. The number of halogens is 1. The Morgan fingerprint density at radius 2 is 1.95 bits per heavy atom. The summed E-state index contributed by atoms with van der Waals surface area (Å²) in [4.78, 5) is 2.15. The molecule has 4 nitrogen and oxygen atoms in total. The van der Waals surface area contributed by atoms with Crippen molar-refractivity contribution in [1.82, 2.24) is 4.90 Å². The Kier molecular flexibility index (Phi) is 4.12. The lowest BCUT2D eigenvalue weighted by molar-refractivity contribution is -0.180. The average Bonchev–Trinajstić information content (AvgIpc) is 2.88. The van der Waals surface area contributed by atoms with E-state index in [1.54, 1.807) is 0 Å². The van der Waals surface area contributed by atoms with Crippen molar-refractivity contribution in [1.29, 1.82) is 0 Å². The first-order valence-corrected chi connectivity index (χ1v) is 7.55. The van der Waals surface area contributed by atoms with Gasteiger partial charge in [-0.05, 0) is 30.4 Å². The van der Waals surface area contributed by atoms with E-state index in [0.29, 0.717) is 18.2 Å². The van der Waals surface area contributed by atoms with Crippen LogP contribution in [0, 0.1) is 0 Å². The molecular formula is C14H17ClN2O2S. The summed E-state index contributed by atoms with van der Waals surface area (Å²) in [6.45, 7) is 3.08. The SMILES string of the molecule is S=C(Nc1cccc(Cl)c1)N1CCC2(CC1)OCCO2. The minimum absolute atomic E-state index is 0.359. The van der Waals surface area contributed by atoms with Crippen LogP contribution in [0.1, 0.15) is 12.8 Å². The van der Waals surface area contributed by atoms with Gasteiger partial charge in [-0.25, -0.2) is 0 Å². The number of likely N-dealkylation sites (tertiary alicyclic amines) is 1. The number of rotatable bonds is 1. The van der Waals surface area contributed by atoms with Gasteiger partial charge in [-0.2, -0.15) is 0 Å². The summed E-state index contributed by atoms with van der Waals surface area (Å²) in [5.41, 5.74) is 0.913. The molecule has 6 heteroatoms. The number of thiocarbonyl (C=S) groups is 1. The summed E-state index contributed by atoms with van der Waals surface area (Å²) in [5.74, 6) is -0.359. The number of benzene rings is 1. The highest BCUT2D eigenvalue weighted by Crippen LogP contribution is 2.31. The molecule has 0 saturated carbocycles. The van der Waals surface area contributed by atoms with Crippen LogP contribution in [0.15, 0.2) is 24.3 Å². The van der Waals surface area contributed by atoms with Gasteiger partial charge in [0.2, 0.25) is 0 Å². The van der Waals surface area contributed by atoms with Crippen molar-refractivity contribution in [2.75, 3.05) is 31.6 Å². The van der Waals surface area contributed by atoms with Crippen molar-refractivity contribution >= 4 is 34.6 Å². The summed E-state index contributed by atoms with van der Waals surface area (Å²) < 4.78 is 11.4. The van der Waals surface area contributed by atoms with Crippen molar-refractivity contribution in [2.24, 2.45) is 0 Å². The predicted octanol–water partition coefficient (Wildman–Crippen LogP) is 2.88. The zero-order valence-corrected chi connectivity index (χ0v) is 12.7. The molecule has 0 bridgehead atoms. The summed E-state index contributed by atoms with van der Waals surface area (Å²) in [6, 6.07) is 7.56. The van der Waals surface area contributed by atoms with E-state index in [9.17, 15) is 0 Å².